The number of hydrogen-bond donors (Lipinski definition) is 0. The highest BCUT2D eigenvalue weighted by molar-refractivity contribution is 5.95. The van der Waals surface area contributed by atoms with Crippen LogP contribution in [0.4, 0.5) is 30.7 Å². The van der Waals surface area contributed by atoms with Crippen molar-refractivity contribution in [1.82, 2.24) is 14.0 Å². The average Bonchev–Trinajstić information content (AvgIpc) is 3.33. The van der Waals surface area contributed by atoms with Crippen molar-refractivity contribution < 1.29 is 35.5 Å². The third-order valence-corrected chi connectivity index (χ3v) is 5.71. The molecule has 1 saturated heterocycles. The fourth-order valence-electron chi connectivity index (χ4n) is 4.09. The van der Waals surface area contributed by atoms with Crippen molar-refractivity contribution in [3.8, 4) is 11.1 Å². The molecule has 0 saturated carbocycles. The van der Waals surface area contributed by atoms with E-state index in [2.05, 4.69) is 0 Å². The molecule has 3 aromatic rings. The van der Waals surface area contributed by atoms with Gasteiger partial charge in [-0.15, -0.1) is 0 Å². The van der Waals surface area contributed by atoms with Crippen LogP contribution in [0, 0.1) is 5.82 Å². The van der Waals surface area contributed by atoms with Crippen molar-refractivity contribution in [3.63, 3.8) is 0 Å². The lowest BCUT2D eigenvalue weighted by atomic mass is 10.0. The van der Waals surface area contributed by atoms with Crippen LogP contribution in [0.15, 0.2) is 41.5 Å². The summed E-state index contributed by atoms with van der Waals surface area (Å²) in [5.41, 5.74) is -2.67. The standard InChI is InChI=1S/C22H18F7N3O2/c23-13-3-5-30(8-13)19(33)11-31-6-4-17-20(21(31)34)14(9-32(17)10-18(25)26)12-1-2-16(24)15(7-12)22(27,28)29/h1-2,4,6-7,9,13,18H,3,5,8,10-11H2. The van der Waals surface area contributed by atoms with E-state index in [1.165, 1.54) is 17.2 Å². The van der Waals surface area contributed by atoms with Crippen LogP contribution in [0.3, 0.4) is 0 Å². The number of hydrogen-bond acceptors (Lipinski definition) is 2. The molecule has 0 radical (unpaired) electrons. The van der Waals surface area contributed by atoms with Gasteiger partial charge in [0.1, 0.15) is 18.5 Å². The van der Waals surface area contributed by atoms with Gasteiger partial charge in [0.05, 0.1) is 29.6 Å². The van der Waals surface area contributed by atoms with Crippen LogP contribution in [0.1, 0.15) is 12.0 Å². The Morgan fingerprint density at radius 3 is 2.50 bits per heavy atom. The van der Waals surface area contributed by atoms with E-state index < -0.39 is 54.7 Å². The molecule has 0 spiro atoms. The van der Waals surface area contributed by atoms with Gasteiger partial charge in [0, 0.05) is 24.5 Å². The van der Waals surface area contributed by atoms with Crippen LogP contribution >= 0.6 is 0 Å². The van der Waals surface area contributed by atoms with Crippen molar-refractivity contribution in [3.05, 3.63) is 58.4 Å². The molecule has 4 rings (SSSR count). The first kappa shape index (κ1) is 23.8. The zero-order valence-corrected chi connectivity index (χ0v) is 17.5. The van der Waals surface area contributed by atoms with Gasteiger partial charge in [-0.2, -0.15) is 13.2 Å². The van der Waals surface area contributed by atoms with E-state index in [1.807, 2.05) is 0 Å². The number of rotatable bonds is 5. The predicted molar refractivity (Wildman–Crippen MR) is 109 cm³/mol. The Balaban J connectivity index is 1.84. The second-order valence-corrected chi connectivity index (χ2v) is 8.01. The molecule has 34 heavy (non-hydrogen) atoms. The summed E-state index contributed by atoms with van der Waals surface area (Å²) in [6.07, 6.45) is -6.52. The summed E-state index contributed by atoms with van der Waals surface area (Å²) >= 11 is 0. The number of alkyl halides is 6. The molecule has 1 aliphatic heterocycles. The van der Waals surface area contributed by atoms with E-state index in [1.54, 1.807) is 0 Å². The number of carbonyl (C=O) groups excluding carboxylic acids is 1. The first-order valence-electron chi connectivity index (χ1n) is 10.2. The van der Waals surface area contributed by atoms with E-state index in [-0.39, 0.29) is 41.5 Å². The molecule has 1 atom stereocenters. The Morgan fingerprint density at radius 1 is 1.15 bits per heavy atom. The summed E-state index contributed by atoms with van der Waals surface area (Å²) in [4.78, 5) is 26.9. The fourth-order valence-corrected chi connectivity index (χ4v) is 4.09. The Bertz CT molecular complexity index is 1300. The van der Waals surface area contributed by atoms with E-state index in [9.17, 15) is 40.3 Å². The third kappa shape index (κ3) is 4.53. The van der Waals surface area contributed by atoms with Gasteiger partial charge in [-0.05, 0) is 30.2 Å². The van der Waals surface area contributed by atoms with Crippen LogP contribution in [0.2, 0.25) is 0 Å². The third-order valence-electron chi connectivity index (χ3n) is 5.71. The van der Waals surface area contributed by atoms with Crippen molar-refractivity contribution in [1.29, 1.82) is 0 Å². The maximum atomic E-state index is 13.8. The Morgan fingerprint density at radius 2 is 1.88 bits per heavy atom. The SMILES string of the molecule is O=C(Cn1ccc2c(c(-c3ccc(F)c(C(F)(F)F)c3)cn2CC(F)F)c1=O)N1CCC(F)C1. The number of benzene rings is 1. The van der Waals surface area contributed by atoms with Gasteiger partial charge >= 0.3 is 6.18 Å². The van der Waals surface area contributed by atoms with Gasteiger partial charge in [0.15, 0.2) is 0 Å². The molecule has 1 aliphatic rings. The van der Waals surface area contributed by atoms with Gasteiger partial charge in [-0.25, -0.2) is 17.6 Å². The van der Waals surface area contributed by atoms with Crippen molar-refractivity contribution in [2.24, 2.45) is 0 Å². The number of fused-ring (bicyclic) bond motifs is 1. The fraction of sp³-hybridized carbons (Fsp3) is 0.364. The minimum Gasteiger partial charge on any atom is -0.341 e. The summed E-state index contributed by atoms with van der Waals surface area (Å²) in [6.45, 7) is -1.22. The van der Waals surface area contributed by atoms with E-state index in [4.69, 9.17) is 0 Å². The molecule has 3 heterocycles. The van der Waals surface area contributed by atoms with Gasteiger partial charge in [0.25, 0.3) is 12.0 Å². The van der Waals surface area contributed by atoms with Crippen molar-refractivity contribution >= 4 is 16.8 Å². The second kappa shape index (κ2) is 8.80. The number of aromatic nitrogens is 2. The highest BCUT2D eigenvalue weighted by Gasteiger charge is 2.34. The first-order valence-corrected chi connectivity index (χ1v) is 10.2. The maximum Gasteiger partial charge on any atom is 0.419 e. The summed E-state index contributed by atoms with van der Waals surface area (Å²) in [5.74, 6) is -2.05. The molecule has 182 valence electrons. The van der Waals surface area contributed by atoms with Crippen molar-refractivity contribution in [2.75, 3.05) is 13.1 Å². The second-order valence-electron chi connectivity index (χ2n) is 8.01. The molecule has 5 nitrogen and oxygen atoms in total. The molecule has 0 aliphatic carbocycles. The molecule has 0 bridgehead atoms. The van der Waals surface area contributed by atoms with Crippen LogP contribution < -0.4 is 5.56 Å². The summed E-state index contributed by atoms with van der Waals surface area (Å²) in [6, 6.07) is 3.40. The molecule has 2 aromatic heterocycles. The zero-order chi connectivity index (χ0) is 24.8. The first-order chi connectivity index (χ1) is 16.0. The Kier molecular flexibility index (Phi) is 6.17. The van der Waals surface area contributed by atoms with Crippen LogP contribution in [0.25, 0.3) is 22.0 Å². The topological polar surface area (TPSA) is 47.2 Å². The zero-order valence-electron chi connectivity index (χ0n) is 17.5. The number of nitrogens with zero attached hydrogens (tertiary/aromatic N) is 3. The molecular formula is C22H18F7N3O2. The lowest BCUT2D eigenvalue weighted by Crippen LogP contribution is -2.35. The van der Waals surface area contributed by atoms with Crippen LogP contribution in [0.5, 0.6) is 0 Å². The lowest BCUT2D eigenvalue weighted by molar-refractivity contribution is -0.140. The number of halogens is 7. The summed E-state index contributed by atoms with van der Waals surface area (Å²) in [5, 5.41) is -0.194. The van der Waals surface area contributed by atoms with Crippen LogP contribution in [-0.2, 0) is 24.1 Å². The Labute approximate surface area is 188 Å². The van der Waals surface area contributed by atoms with Gasteiger partial charge in [-0.1, -0.05) is 6.07 Å². The number of amides is 1. The predicted octanol–water partition coefficient (Wildman–Crippen LogP) is 4.46. The van der Waals surface area contributed by atoms with Gasteiger partial charge in [0.2, 0.25) is 5.91 Å². The number of carbonyl (C=O) groups is 1. The minimum atomic E-state index is -5.02. The van der Waals surface area contributed by atoms with Crippen molar-refractivity contribution in [2.45, 2.75) is 38.3 Å². The summed E-state index contributed by atoms with van der Waals surface area (Å²) in [7, 11) is 0. The normalized spacial score (nSPS) is 16.7. The molecule has 1 fully saturated rings. The monoisotopic (exact) mass is 489 g/mol. The van der Waals surface area contributed by atoms with Gasteiger partial charge in [-0.3, -0.25) is 9.59 Å². The highest BCUT2D eigenvalue weighted by atomic mass is 19.4. The molecule has 1 amide bonds. The van der Waals surface area contributed by atoms with E-state index in [0.29, 0.717) is 12.1 Å². The average molecular weight is 489 g/mol. The Hall–Kier alpha value is -3.31. The van der Waals surface area contributed by atoms with Crippen LogP contribution in [-0.4, -0.2) is 45.6 Å². The molecule has 0 N–H and O–H groups in total. The number of likely N-dealkylation sites (tertiary alicyclic amines) is 1. The maximum absolute atomic E-state index is 13.8. The quantitative estimate of drug-likeness (QED) is 0.497. The number of pyridine rings is 1. The molecule has 1 unspecified atom stereocenters. The molecule has 12 heteroatoms. The largest absolute Gasteiger partial charge is 0.419 e. The van der Waals surface area contributed by atoms with E-state index in [0.717, 1.165) is 21.4 Å². The summed E-state index contributed by atoms with van der Waals surface area (Å²) < 4.78 is 95.1. The molecular weight excluding hydrogens is 471 g/mol. The molecule has 1 aromatic carbocycles. The smallest absolute Gasteiger partial charge is 0.341 e. The minimum absolute atomic E-state index is 0.0203. The highest BCUT2D eigenvalue weighted by Crippen LogP contribution is 2.36. The van der Waals surface area contributed by atoms with E-state index >= 15 is 0 Å². The lowest BCUT2D eigenvalue weighted by Gasteiger charge is -2.16. The van der Waals surface area contributed by atoms with Gasteiger partial charge < -0.3 is 14.0 Å².